The van der Waals surface area contributed by atoms with Crippen molar-refractivity contribution in [1.82, 2.24) is 9.55 Å². The maximum absolute atomic E-state index is 11.6. The lowest BCUT2D eigenvalue weighted by Gasteiger charge is -2.16. The lowest BCUT2D eigenvalue weighted by molar-refractivity contribution is 0.0521. The molecule has 0 bridgehead atoms. The lowest BCUT2D eigenvalue weighted by atomic mass is 10.0. The van der Waals surface area contributed by atoms with Gasteiger partial charge < -0.3 is 15.0 Å². The SMILES string of the molecule is CCOC(=O)c1ncn(C(C)CCC(C)C)c1N. The van der Waals surface area contributed by atoms with Crippen molar-refractivity contribution in [2.24, 2.45) is 5.92 Å². The van der Waals surface area contributed by atoms with Gasteiger partial charge >= 0.3 is 5.97 Å². The molecular formula is C13H23N3O2. The molecule has 0 fully saturated rings. The van der Waals surface area contributed by atoms with E-state index in [1.54, 1.807) is 13.3 Å². The van der Waals surface area contributed by atoms with Crippen molar-refractivity contribution in [3.05, 3.63) is 12.0 Å². The fourth-order valence-electron chi connectivity index (χ4n) is 1.79. The van der Waals surface area contributed by atoms with Crippen LogP contribution in [-0.2, 0) is 4.74 Å². The zero-order valence-electron chi connectivity index (χ0n) is 11.6. The highest BCUT2D eigenvalue weighted by Crippen LogP contribution is 2.22. The van der Waals surface area contributed by atoms with Gasteiger partial charge in [0, 0.05) is 6.04 Å². The number of carbonyl (C=O) groups is 1. The van der Waals surface area contributed by atoms with Gasteiger partial charge in [-0.1, -0.05) is 13.8 Å². The number of nitrogens with two attached hydrogens (primary N) is 1. The minimum Gasteiger partial charge on any atom is -0.461 e. The molecule has 1 heterocycles. The third kappa shape index (κ3) is 3.48. The topological polar surface area (TPSA) is 70.1 Å². The molecule has 0 radical (unpaired) electrons. The number of imidazole rings is 1. The van der Waals surface area contributed by atoms with Crippen LogP contribution in [0.15, 0.2) is 6.33 Å². The first-order valence-corrected chi connectivity index (χ1v) is 6.46. The highest BCUT2D eigenvalue weighted by molar-refractivity contribution is 5.92. The molecule has 0 aliphatic rings. The number of ether oxygens (including phenoxy) is 1. The monoisotopic (exact) mass is 253 g/mol. The molecule has 1 unspecified atom stereocenters. The van der Waals surface area contributed by atoms with E-state index < -0.39 is 5.97 Å². The van der Waals surface area contributed by atoms with Crippen molar-refractivity contribution in [1.29, 1.82) is 0 Å². The average Bonchev–Trinajstić information content (AvgIpc) is 2.68. The number of hydrogen-bond donors (Lipinski definition) is 1. The fraction of sp³-hybridized carbons (Fsp3) is 0.692. The lowest BCUT2D eigenvalue weighted by Crippen LogP contribution is -2.12. The molecule has 0 saturated carbocycles. The van der Waals surface area contributed by atoms with Gasteiger partial charge in [-0.3, -0.25) is 0 Å². The van der Waals surface area contributed by atoms with Crippen LogP contribution in [0.25, 0.3) is 0 Å². The van der Waals surface area contributed by atoms with Gasteiger partial charge in [0.2, 0.25) is 0 Å². The van der Waals surface area contributed by atoms with Gasteiger partial charge in [-0.15, -0.1) is 0 Å². The maximum atomic E-state index is 11.6. The molecule has 1 atom stereocenters. The molecule has 1 aromatic rings. The van der Waals surface area contributed by atoms with E-state index in [-0.39, 0.29) is 11.7 Å². The minimum absolute atomic E-state index is 0.216. The second-order valence-electron chi connectivity index (χ2n) is 4.93. The summed E-state index contributed by atoms with van der Waals surface area (Å²) < 4.78 is 6.75. The predicted octanol–water partition coefficient (Wildman–Crippen LogP) is 2.64. The van der Waals surface area contributed by atoms with Crippen LogP contribution in [0.1, 0.15) is 57.1 Å². The van der Waals surface area contributed by atoms with E-state index in [2.05, 4.69) is 25.8 Å². The Morgan fingerprint density at radius 2 is 2.11 bits per heavy atom. The highest BCUT2D eigenvalue weighted by Gasteiger charge is 2.19. The molecule has 5 heteroatoms. The molecule has 102 valence electrons. The van der Waals surface area contributed by atoms with Crippen LogP contribution < -0.4 is 5.73 Å². The summed E-state index contributed by atoms with van der Waals surface area (Å²) in [6.45, 7) is 8.54. The summed E-state index contributed by atoms with van der Waals surface area (Å²) >= 11 is 0. The van der Waals surface area contributed by atoms with Crippen molar-refractivity contribution in [3.8, 4) is 0 Å². The van der Waals surface area contributed by atoms with Crippen LogP contribution >= 0.6 is 0 Å². The van der Waals surface area contributed by atoms with E-state index in [0.29, 0.717) is 18.3 Å². The summed E-state index contributed by atoms with van der Waals surface area (Å²) in [5.41, 5.74) is 6.16. The number of aromatic nitrogens is 2. The molecule has 1 rings (SSSR count). The standard InChI is InChI=1S/C13H23N3O2/c1-5-18-13(17)11-12(14)16(8-15-11)10(4)7-6-9(2)3/h8-10H,5-7,14H2,1-4H3. The Balaban J connectivity index is 2.76. The molecule has 0 saturated heterocycles. The number of esters is 1. The number of nitrogens with zero attached hydrogens (tertiary/aromatic N) is 2. The molecule has 0 aliphatic carbocycles. The van der Waals surface area contributed by atoms with Gasteiger partial charge in [0.05, 0.1) is 12.9 Å². The van der Waals surface area contributed by atoms with E-state index >= 15 is 0 Å². The summed E-state index contributed by atoms with van der Waals surface area (Å²) in [6, 6.07) is 0.239. The number of carbonyl (C=O) groups excluding carboxylic acids is 1. The summed E-state index contributed by atoms with van der Waals surface area (Å²) in [4.78, 5) is 15.6. The Labute approximate surface area is 108 Å². The molecule has 5 nitrogen and oxygen atoms in total. The summed E-state index contributed by atoms with van der Waals surface area (Å²) in [5, 5.41) is 0. The third-order valence-electron chi connectivity index (χ3n) is 2.94. The molecule has 0 spiro atoms. The zero-order valence-corrected chi connectivity index (χ0v) is 11.6. The average molecular weight is 253 g/mol. The van der Waals surface area contributed by atoms with Gasteiger partial charge in [0.1, 0.15) is 5.82 Å². The van der Waals surface area contributed by atoms with Gasteiger partial charge in [-0.25, -0.2) is 9.78 Å². The molecule has 1 aromatic heterocycles. The molecule has 0 amide bonds. The van der Waals surface area contributed by atoms with Crippen molar-refractivity contribution >= 4 is 11.8 Å². The minimum atomic E-state index is -0.454. The first-order valence-electron chi connectivity index (χ1n) is 6.46. The molecule has 2 N–H and O–H groups in total. The number of rotatable bonds is 6. The first kappa shape index (κ1) is 14.5. The Hall–Kier alpha value is -1.52. The highest BCUT2D eigenvalue weighted by atomic mass is 16.5. The van der Waals surface area contributed by atoms with Crippen molar-refractivity contribution < 1.29 is 9.53 Å². The van der Waals surface area contributed by atoms with Crippen LogP contribution in [0.5, 0.6) is 0 Å². The van der Waals surface area contributed by atoms with Crippen molar-refractivity contribution in [2.45, 2.75) is 46.6 Å². The smallest absolute Gasteiger partial charge is 0.360 e. The van der Waals surface area contributed by atoms with E-state index in [4.69, 9.17) is 10.5 Å². The quantitative estimate of drug-likeness (QED) is 0.791. The Bertz CT molecular complexity index is 399. The van der Waals surface area contributed by atoms with Gasteiger partial charge in [-0.05, 0) is 32.6 Å². The van der Waals surface area contributed by atoms with E-state index in [1.165, 1.54) is 0 Å². The zero-order chi connectivity index (χ0) is 13.7. The number of anilines is 1. The van der Waals surface area contributed by atoms with Crippen molar-refractivity contribution in [3.63, 3.8) is 0 Å². The predicted molar refractivity (Wildman–Crippen MR) is 71.4 cm³/mol. The summed E-state index contributed by atoms with van der Waals surface area (Å²) in [6.07, 6.45) is 3.75. The van der Waals surface area contributed by atoms with Crippen LogP contribution in [0.3, 0.4) is 0 Å². The van der Waals surface area contributed by atoms with E-state index in [1.807, 2.05) is 4.57 Å². The number of nitrogen functional groups attached to an aromatic ring is 1. The van der Waals surface area contributed by atoms with Gasteiger partial charge in [0.25, 0.3) is 0 Å². The fourth-order valence-corrected chi connectivity index (χ4v) is 1.79. The molecule has 0 aromatic carbocycles. The first-order chi connectivity index (χ1) is 8.47. The van der Waals surface area contributed by atoms with E-state index in [9.17, 15) is 4.79 Å². The molecular weight excluding hydrogens is 230 g/mol. The Morgan fingerprint density at radius 1 is 1.44 bits per heavy atom. The Kier molecular flexibility index (Phi) is 5.19. The second-order valence-corrected chi connectivity index (χ2v) is 4.93. The third-order valence-corrected chi connectivity index (χ3v) is 2.94. The normalized spacial score (nSPS) is 12.7. The van der Waals surface area contributed by atoms with Crippen LogP contribution in [0.2, 0.25) is 0 Å². The number of hydrogen-bond acceptors (Lipinski definition) is 4. The summed E-state index contributed by atoms with van der Waals surface area (Å²) in [5.74, 6) is 0.594. The van der Waals surface area contributed by atoms with Crippen LogP contribution in [-0.4, -0.2) is 22.1 Å². The molecule has 0 aliphatic heterocycles. The Morgan fingerprint density at radius 3 is 2.67 bits per heavy atom. The van der Waals surface area contributed by atoms with Gasteiger partial charge in [0.15, 0.2) is 5.69 Å². The maximum Gasteiger partial charge on any atom is 0.360 e. The van der Waals surface area contributed by atoms with Crippen LogP contribution in [0.4, 0.5) is 5.82 Å². The summed E-state index contributed by atoms with van der Waals surface area (Å²) in [7, 11) is 0. The van der Waals surface area contributed by atoms with E-state index in [0.717, 1.165) is 12.8 Å². The van der Waals surface area contributed by atoms with Crippen molar-refractivity contribution in [2.75, 3.05) is 12.3 Å². The largest absolute Gasteiger partial charge is 0.461 e. The second kappa shape index (κ2) is 6.42. The van der Waals surface area contributed by atoms with Crippen LogP contribution in [0, 0.1) is 5.92 Å². The molecule has 18 heavy (non-hydrogen) atoms. The van der Waals surface area contributed by atoms with Gasteiger partial charge in [-0.2, -0.15) is 0 Å².